The topological polar surface area (TPSA) is 44.7 Å². The summed E-state index contributed by atoms with van der Waals surface area (Å²) in [5, 5.41) is 13.2. The molecule has 4 nitrogen and oxygen atoms in total. The number of rotatable bonds is 6. The van der Waals surface area contributed by atoms with Gasteiger partial charge in [0.05, 0.1) is 18.3 Å². The van der Waals surface area contributed by atoms with E-state index in [0.29, 0.717) is 12.5 Å². The summed E-state index contributed by atoms with van der Waals surface area (Å²) in [7, 11) is 0. The number of nitrogens with one attached hydrogen (secondary N) is 1. The quantitative estimate of drug-likeness (QED) is 0.722. The van der Waals surface area contributed by atoms with Crippen molar-refractivity contribution in [3.05, 3.63) is 0 Å². The lowest BCUT2D eigenvalue weighted by molar-refractivity contribution is -0.0762. The second-order valence-electron chi connectivity index (χ2n) is 5.68. The average molecular weight is 244 g/mol. The summed E-state index contributed by atoms with van der Waals surface area (Å²) in [5.41, 5.74) is 0. The molecule has 0 amide bonds. The lowest BCUT2D eigenvalue weighted by Gasteiger charge is -2.36. The summed E-state index contributed by atoms with van der Waals surface area (Å²) in [5.74, 6) is 0.630. The Morgan fingerprint density at radius 1 is 1.24 bits per heavy atom. The maximum Gasteiger partial charge on any atom is 0.0791 e. The molecule has 2 N–H and O–H groups in total. The van der Waals surface area contributed by atoms with Crippen LogP contribution in [0, 0.1) is 5.92 Å². The zero-order valence-corrected chi connectivity index (χ0v) is 11.6. The third-order valence-corrected chi connectivity index (χ3v) is 2.90. The normalized spacial score (nSPS) is 28.6. The number of aliphatic hydroxyl groups is 1. The first-order chi connectivity index (χ1) is 7.97. The van der Waals surface area contributed by atoms with Gasteiger partial charge in [-0.3, -0.25) is 4.90 Å². The number of morpholine rings is 1. The van der Waals surface area contributed by atoms with Crippen LogP contribution in [0.4, 0.5) is 0 Å². The van der Waals surface area contributed by atoms with E-state index < -0.39 is 0 Å². The Hall–Kier alpha value is -0.160. The van der Waals surface area contributed by atoms with Crippen LogP contribution in [0.25, 0.3) is 0 Å². The van der Waals surface area contributed by atoms with E-state index in [4.69, 9.17) is 4.74 Å². The molecule has 1 fully saturated rings. The van der Waals surface area contributed by atoms with Gasteiger partial charge in [0.15, 0.2) is 0 Å². The second kappa shape index (κ2) is 7.31. The van der Waals surface area contributed by atoms with Crippen molar-refractivity contribution in [3.63, 3.8) is 0 Å². The number of hydrogen-bond acceptors (Lipinski definition) is 4. The van der Waals surface area contributed by atoms with Crippen LogP contribution in [-0.4, -0.2) is 61.0 Å². The SMILES string of the molecule is CC(C)CNCC(O)CN1C[C@@H](C)O[C@@H](C)C1. The van der Waals surface area contributed by atoms with E-state index in [9.17, 15) is 5.11 Å². The van der Waals surface area contributed by atoms with Crippen LogP contribution in [-0.2, 0) is 4.74 Å². The molecule has 102 valence electrons. The maximum atomic E-state index is 9.94. The minimum atomic E-state index is -0.286. The van der Waals surface area contributed by atoms with Crippen LogP contribution < -0.4 is 5.32 Å². The van der Waals surface area contributed by atoms with Gasteiger partial charge < -0.3 is 15.2 Å². The number of β-amino-alcohol motifs (C(OH)–C–C–N with tert-alkyl or cyclic N) is 1. The van der Waals surface area contributed by atoms with Gasteiger partial charge in [0.2, 0.25) is 0 Å². The third kappa shape index (κ3) is 6.36. The molecule has 1 heterocycles. The second-order valence-corrected chi connectivity index (χ2v) is 5.68. The Bertz CT molecular complexity index is 202. The zero-order valence-electron chi connectivity index (χ0n) is 11.6. The molecule has 0 aromatic rings. The molecule has 0 aliphatic carbocycles. The van der Waals surface area contributed by atoms with E-state index in [-0.39, 0.29) is 18.3 Å². The fourth-order valence-electron chi connectivity index (χ4n) is 2.33. The number of hydrogen-bond donors (Lipinski definition) is 2. The molecule has 0 spiro atoms. The Balaban J connectivity index is 2.18. The molecule has 0 aromatic heterocycles. The van der Waals surface area contributed by atoms with Crippen LogP contribution in [0.15, 0.2) is 0 Å². The van der Waals surface area contributed by atoms with Crippen LogP contribution in [0.5, 0.6) is 0 Å². The van der Waals surface area contributed by atoms with Crippen LogP contribution >= 0.6 is 0 Å². The van der Waals surface area contributed by atoms with Crippen LogP contribution in [0.3, 0.4) is 0 Å². The first-order valence-corrected chi connectivity index (χ1v) is 6.74. The molecule has 0 aromatic carbocycles. The molecular weight excluding hydrogens is 216 g/mol. The van der Waals surface area contributed by atoms with E-state index in [2.05, 4.69) is 37.9 Å². The number of nitrogens with zero attached hydrogens (tertiary/aromatic N) is 1. The van der Waals surface area contributed by atoms with Gasteiger partial charge in [-0.25, -0.2) is 0 Å². The van der Waals surface area contributed by atoms with Gasteiger partial charge >= 0.3 is 0 Å². The Morgan fingerprint density at radius 2 is 1.82 bits per heavy atom. The summed E-state index contributed by atoms with van der Waals surface area (Å²) >= 11 is 0. The Kier molecular flexibility index (Phi) is 6.41. The molecule has 17 heavy (non-hydrogen) atoms. The summed E-state index contributed by atoms with van der Waals surface area (Å²) in [4.78, 5) is 2.29. The van der Waals surface area contributed by atoms with Crippen molar-refractivity contribution in [2.75, 3.05) is 32.7 Å². The average Bonchev–Trinajstić information content (AvgIpc) is 2.14. The predicted octanol–water partition coefficient (Wildman–Crippen LogP) is 0.702. The number of aliphatic hydroxyl groups excluding tert-OH is 1. The molecule has 0 saturated carbocycles. The molecular formula is C13H28N2O2. The van der Waals surface area contributed by atoms with E-state index in [1.165, 1.54) is 0 Å². The highest BCUT2D eigenvalue weighted by Crippen LogP contribution is 2.10. The molecule has 0 bridgehead atoms. The third-order valence-electron chi connectivity index (χ3n) is 2.90. The first kappa shape index (κ1) is 14.9. The molecule has 1 rings (SSSR count). The van der Waals surface area contributed by atoms with Gasteiger partial charge in [-0.15, -0.1) is 0 Å². The van der Waals surface area contributed by atoms with E-state index in [0.717, 1.165) is 26.2 Å². The monoisotopic (exact) mass is 244 g/mol. The highest BCUT2D eigenvalue weighted by atomic mass is 16.5. The largest absolute Gasteiger partial charge is 0.390 e. The minimum Gasteiger partial charge on any atom is -0.390 e. The van der Waals surface area contributed by atoms with Crippen molar-refractivity contribution in [1.82, 2.24) is 10.2 Å². The van der Waals surface area contributed by atoms with Crippen LogP contribution in [0.1, 0.15) is 27.7 Å². The van der Waals surface area contributed by atoms with Crippen molar-refractivity contribution in [2.24, 2.45) is 5.92 Å². The maximum absolute atomic E-state index is 9.94. The van der Waals surface area contributed by atoms with Crippen molar-refractivity contribution >= 4 is 0 Å². The Labute approximate surface area is 105 Å². The smallest absolute Gasteiger partial charge is 0.0791 e. The van der Waals surface area contributed by atoms with Gasteiger partial charge in [0.1, 0.15) is 0 Å². The fourth-order valence-corrected chi connectivity index (χ4v) is 2.33. The van der Waals surface area contributed by atoms with Gasteiger partial charge in [-0.2, -0.15) is 0 Å². The molecule has 4 heteroatoms. The summed E-state index contributed by atoms with van der Waals surface area (Å²) in [6, 6.07) is 0. The number of ether oxygens (including phenoxy) is 1. The molecule has 3 atom stereocenters. The van der Waals surface area contributed by atoms with E-state index in [1.54, 1.807) is 0 Å². The van der Waals surface area contributed by atoms with E-state index >= 15 is 0 Å². The van der Waals surface area contributed by atoms with Gasteiger partial charge in [0, 0.05) is 26.2 Å². The lowest BCUT2D eigenvalue weighted by Crippen LogP contribution is -2.49. The lowest BCUT2D eigenvalue weighted by atomic mass is 10.2. The minimum absolute atomic E-state index is 0.273. The van der Waals surface area contributed by atoms with Crippen molar-refractivity contribution in [2.45, 2.75) is 46.0 Å². The van der Waals surface area contributed by atoms with Gasteiger partial charge in [-0.05, 0) is 26.3 Å². The summed E-state index contributed by atoms with van der Waals surface area (Å²) in [6.07, 6.45) is 0.260. The summed E-state index contributed by atoms with van der Waals surface area (Å²) < 4.78 is 5.67. The highest BCUT2D eigenvalue weighted by molar-refractivity contribution is 4.76. The molecule has 1 aliphatic rings. The van der Waals surface area contributed by atoms with Crippen LogP contribution in [0.2, 0.25) is 0 Å². The molecule has 1 saturated heterocycles. The highest BCUT2D eigenvalue weighted by Gasteiger charge is 2.23. The zero-order chi connectivity index (χ0) is 12.8. The van der Waals surface area contributed by atoms with Crippen molar-refractivity contribution < 1.29 is 9.84 Å². The van der Waals surface area contributed by atoms with Gasteiger partial charge in [-0.1, -0.05) is 13.8 Å². The van der Waals surface area contributed by atoms with Gasteiger partial charge in [0.25, 0.3) is 0 Å². The first-order valence-electron chi connectivity index (χ1n) is 6.74. The molecule has 1 aliphatic heterocycles. The standard InChI is InChI=1S/C13H28N2O2/c1-10(2)5-14-6-13(16)9-15-7-11(3)17-12(4)8-15/h10-14,16H,5-9H2,1-4H3/t11-,12+,13?. The fraction of sp³-hybridized carbons (Fsp3) is 1.00. The van der Waals surface area contributed by atoms with E-state index in [1.807, 2.05) is 0 Å². The molecule has 0 radical (unpaired) electrons. The van der Waals surface area contributed by atoms with Crippen molar-refractivity contribution in [3.8, 4) is 0 Å². The summed E-state index contributed by atoms with van der Waals surface area (Å²) in [6.45, 7) is 12.7. The predicted molar refractivity (Wildman–Crippen MR) is 70.2 cm³/mol. The molecule has 1 unspecified atom stereocenters. The Morgan fingerprint density at radius 3 is 2.35 bits per heavy atom. The van der Waals surface area contributed by atoms with Crippen molar-refractivity contribution in [1.29, 1.82) is 0 Å².